The lowest BCUT2D eigenvalue weighted by Crippen LogP contribution is -2.10. The first-order valence-corrected chi connectivity index (χ1v) is 16.4. The van der Waals surface area contributed by atoms with Crippen molar-refractivity contribution in [3.05, 3.63) is 157 Å². The van der Waals surface area contributed by atoms with Crippen molar-refractivity contribution >= 4 is 92.3 Å². The van der Waals surface area contributed by atoms with Crippen LogP contribution < -0.4 is 4.90 Å². The Bertz CT molecular complexity index is 2820. The molecule has 0 saturated heterocycles. The van der Waals surface area contributed by atoms with Crippen LogP contribution in [0.3, 0.4) is 0 Å². The van der Waals surface area contributed by atoms with Gasteiger partial charge in [0.1, 0.15) is 17.0 Å². The normalized spacial score (nSPS) is 11.9. The van der Waals surface area contributed by atoms with Crippen LogP contribution in [0.5, 0.6) is 0 Å². The lowest BCUT2D eigenvalue weighted by Gasteiger charge is -2.26. The van der Waals surface area contributed by atoms with Crippen molar-refractivity contribution < 1.29 is 8.81 Å². The molecule has 5 heteroatoms. The highest BCUT2D eigenvalue weighted by Gasteiger charge is 2.22. The standard InChI is InChI=1S/C42H25FN2OS/c43-26-16-18-27(19-17-26)45-35-11-4-1-8-30(35)33-24-28(20-22-36(33)45)44(29-21-23-41-34(25-29)31-9-3-6-15-40(31)47-41)37-12-7-14-39-42(37)32-10-2-5-13-38(32)46-39/h1-25H. The van der Waals surface area contributed by atoms with Crippen LogP contribution in [0.25, 0.3) is 69.6 Å². The molecule has 0 bridgehead atoms. The molecular formula is C42H25FN2OS. The molecule has 0 radical (unpaired) electrons. The fraction of sp³-hybridized carbons (Fsp3) is 0. The lowest BCUT2D eigenvalue weighted by molar-refractivity contribution is 0.627. The van der Waals surface area contributed by atoms with Crippen molar-refractivity contribution in [3.63, 3.8) is 0 Å². The van der Waals surface area contributed by atoms with E-state index in [0.717, 1.165) is 66.5 Å². The topological polar surface area (TPSA) is 21.3 Å². The molecule has 0 saturated carbocycles. The van der Waals surface area contributed by atoms with E-state index in [-0.39, 0.29) is 5.82 Å². The Morgan fingerprint density at radius 2 is 1.17 bits per heavy atom. The van der Waals surface area contributed by atoms with Crippen molar-refractivity contribution in [1.29, 1.82) is 0 Å². The number of rotatable bonds is 4. The monoisotopic (exact) mass is 624 g/mol. The number of halogens is 1. The van der Waals surface area contributed by atoms with Gasteiger partial charge >= 0.3 is 0 Å². The molecule has 0 spiro atoms. The second kappa shape index (κ2) is 10.0. The highest BCUT2D eigenvalue weighted by Crippen LogP contribution is 2.46. The zero-order valence-electron chi connectivity index (χ0n) is 25.0. The summed E-state index contributed by atoms with van der Waals surface area (Å²) in [5.74, 6) is -0.247. The van der Waals surface area contributed by atoms with Crippen molar-refractivity contribution in [3.8, 4) is 5.69 Å². The molecule has 3 heterocycles. The minimum atomic E-state index is -0.247. The van der Waals surface area contributed by atoms with Crippen LogP contribution >= 0.6 is 11.3 Å². The third-order valence-electron chi connectivity index (χ3n) is 9.24. The van der Waals surface area contributed by atoms with Gasteiger partial charge in [-0.25, -0.2) is 4.39 Å². The number of furan rings is 1. The third kappa shape index (κ3) is 3.97. The molecule has 0 aliphatic rings. The maximum atomic E-state index is 13.9. The number of nitrogens with zero attached hydrogens (tertiary/aromatic N) is 2. The number of para-hydroxylation sites is 2. The van der Waals surface area contributed by atoms with Crippen LogP contribution in [0.4, 0.5) is 21.5 Å². The van der Waals surface area contributed by atoms with Gasteiger partial charge in [0, 0.05) is 53.4 Å². The smallest absolute Gasteiger partial charge is 0.137 e. The van der Waals surface area contributed by atoms with E-state index in [4.69, 9.17) is 4.42 Å². The van der Waals surface area contributed by atoms with Crippen molar-refractivity contribution in [2.45, 2.75) is 0 Å². The maximum absolute atomic E-state index is 13.9. The van der Waals surface area contributed by atoms with Gasteiger partial charge in [0.15, 0.2) is 0 Å². The largest absolute Gasteiger partial charge is 0.456 e. The number of anilines is 3. The minimum Gasteiger partial charge on any atom is -0.456 e. The van der Waals surface area contributed by atoms with Gasteiger partial charge in [-0.15, -0.1) is 11.3 Å². The maximum Gasteiger partial charge on any atom is 0.137 e. The number of aromatic nitrogens is 1. The molecule has 0 fully saturated rings. The van der Waals surface area contributed by atoms with Crippen LogP contribution in [-0.2, 0) is 0 Å². The fourth-order valence-corrected chi connectivity index (χ4v) is 8.28. The Labute approximate surface area is 272 Å². The summed E-state index contributed by atoms with van der Waals surface area (Å²) in [5.41, 5.74) is 7.94. The molecule has 0 atom stereocenters. The summed E-state index contributed by atoms with van der Waals surface area (Å²) in [6.45, 7) is 0. The molecule has 3 nitrogen and oxygen atoms in total. The van der Waals surface area contributed by atoms with E-state index >= 15 is 0 Å². The number of hydrogen-bond donors (Lipinski definition) is 0. The summed E-state index contributed by atoms with van der Waals surface area (Å²) in [6.07, 6.45) is 0. The van der Waals surface area contributed by atoms with Gasteiger partial charge in [-0.05, 0) is 91.0 Å². The van der Waals surface area contributed by atoms with E-state index in [2.05, 4.69) is 119 Å². The molecule has 0 aliphatic heterocycles. The van der Waals surface area contributed by atoms with Gasteiger partial charge in [0.2, 0.25) is 0 Å². The predicted molar refractivity (Wildman–Crippen MR) is 196 cm³/mol. The summed E-state index contributed by atoms with van der Waals surface area (Å²) in [6, 6.07) is 51.8. The summed E-state index contributed by atoms with van der Waals surface area (Å²) in [7, 11) is 0. The minimum absolute atomic E-state index is 0.247. The second-order valence-electron chi connectivity index (χ2n) is 11.9. The molecular weight excluding hydrogens is 600 g/mol. The van der Waals surface area contributed by atoms with Gasteiger partial charge < -0.3 is 13.9 Å². The van der Waals surface area contributed by atoms with Crippen LogP contribution in [0.1, 0.15) is 0 Å². The molecule has 3 aromatic heterocycles. The molecule has 222 valence electrons. The van der Waals surface area contributed by atoms with Crippen LogP contribution in [0, 0.1) is 5.82 Å². The van der Waals surface area contributed by atoms with Crippen molar-refractivity contribution in [2.24, 2.45) is 0 Å². The molecule has 10 rings (SSSR count). The van der Waals surface area contributed by atoms with Crippen LogP contribution in [0.2, 0.25) is 0 Å². The van der Waals surface area contributed by atoms with Gasteiger partial charge in [-0.2, -0.15) is 0 Å². The molecule has 0 amide bonds. The molecule has 47 heavy (non-hydrogen) atoms. The number of benzene rings is 7. The first-order valence-electron chi connectivity index (χ1n) is 15.6. The third-order valence-corrected chi connectivity index (χ3v) is 10.4. The molecule has 7 aromatic carbocycles. The summed E-state index contributed by atoms with van der Waals surface area (Å²) in [4.78, 5) is 2.36. The number of fused-ring (bicyclic) bond motifs is 9. The number of hydrogen-bond acceptors (Lipinski definition) is 3. The predicted octanol–water partition coefficient (Wildman–Crippen LogP) is 12.7. The van der Waals surface area contributed by atoms with E-state index in [0.29, 0.717) is 0 Å². The number of thiophene rings is 1. The Hall–Kier alpha value is -5.91. The SMILES string of the molecule is Fc1ccc(-n2c3ccccc3c3cc(N(c4ccc5sc6ccccc6c5c4)c4cccc5oc6ccccc6c45)ccc32)cc1. The highest BCUT2D eigenvalue weighted by molar-refractivity contribution is 7.25. The lowest BCUT2D eigenvalue weighted by atomic mass is 10.1. The van der Waals surface area contributed by atoms with E-state index in [1.807, 2.05) is 41.7 Å². The van der Waals surface area contributed by atoms with Crippen LogP contribution in [-0.4, -0.2) is 4.57 Å². The molecule has 10 aromatic rings. The molecule has 0 aliphatic carbocycles. The zero-order chi connectivity index (χ0) is 31.1. The molecule has 0 N–H and O–H groups in total. The quantitative estimate of drug-likeness (QED) is 0.194. The first-order chi connectivity index (χ1) is 23.2. The Morgan fingerprint density at radius 3 is 2.04 bits per heavy atom. The molecule has 0 unspecified atom stereocenters. The summed E-state index contributed by atoms with van der Waals surface area (Å²) >= 11 is 1.82. The average molecular weight is 625 g/mol. The van der Waals surface area contributed by atoms with E-state index in [9.17, 15) is 4.39 Å². The van der Waals surface area contributed by atoms with Crippen molar-refractivity contribution in [1.82, 2.24) is 4.57 Å². The fourth-order valence-electron chi connectivity index (χ4n) is 7.19. The average Bonchev–Trinajstić information content (AvgIpc) is 3.78. The van der Waals surface area contributed by atoms with Gasteiger partial charge in [-0.1, -0.05) is 60.7 Å². The van der Waals surface area contributed by atoms with E-state index in [1.54, 1.807) is 0 Å². The highest BCUT2D eigenvalue weighted by atomic mass is 32.1. The second-order valence-corrected chi connectivity index (χ2v) is 13.0. The van der Waals surface area contributed by atoms with E-state index < -0.39 is 0 Å². The summed E-state index contributed by atoms with van der Waals surface area (Å²) in [5, 5.41) is 6.93. The Morgan fingerprint density at radius 1 is 0.511 bits per heavy atom. The zero-order valence-corrected chi connectivity index (χ0v) is 25.8. The Balaban J connectivity index is 1.28. The van der Waals surface area contributed by atoms with Crippen LogP contribution in [0.15, 0.2) is 156 Å². The van der Waals surface area contributed by atoms with Gasteiger partial charge in [0.05, 0.1) is 22.1 Å². The summed E-state index contributed by atoms with van der Waals surface area (Å²) < 4.78 is 25.1. The Kier molecular flexibility index (Phi) is 5.63. The van der Waals surface area contributed by atoms with Gasteiger partial charge in [-0.3, -0.25) is 0 Å². The van der Waals surface area contributed by atoms with Crippen molar-refractivity contribution in [2.75, 3.05) is 4.90 Å². The van der Waals surface area contributed by atoms with E-state index in [1.165, 1.54) is 32.3 Å². The van der Waals surface area contributed by atoms with Gasteiger partial charge in [0.25, 0.3) is 0 Å². The first kappa shape index (κ1) is 26.3.